The SMILES string of the molecule is CCc1cnc(N2CCC(C(C)OS(C)(=O)=O)CC2)nc1. The first-order chi connectivity index (χ1) is 9.89. The Morgan fingerprint density at radius 2 is 1.90 bits per heavy atom. The van der Waals surface area contributed by atoms with Gasteiger partial charge in [0.2, 0.25) is 5.95 Å². The summed E-state index contributed by atoms with van der Waals surface area (Å²) in [5, 5.41) is 0. The zero-order valence-corrected chi connectivity index (χ0v) is 13.6. The van der Waals surface area contributed by atoms with Gasteiger partial charge in [0.25, 0.3) is 10.1 Å². The molecule has 0 amide bonds. The smallest absolute Gasteiger partial charge is 0.264 e. The lowest BCUT2D eigenvalue weighted by molar-refractivity contribution is 0.141. The van der Waals surface area contributed by atoms with Crippen molar-refractivity contribution >= 4 is 16.1 Å². The number of nitrogens with zero attached hydrogens (tertiary/aromatic N) is 3. The van der Waals surface area contributed by atoms with Gasteiger partial charge in [0, 0.05) is 25.5 Å². The molecule has 0 radical (unpaired) electrons. The quantitative estimate of drug-likeness (QED) is 0.769. The van der Waals surface area contributed by atoms with E-state index < -0.39 is 10.1 Å². The zero-order valence-electron chi connectivity index (χ0n) is 12.8. The van der Waals surface area contributed by atoms with Crippen molar-refractivity contribution in [3.8, 4) is 0 Å². The first-order valence-electron chi connectivity index (χ1n) is 7.33. The first-order valence-corrected chi connectivity index (χ1v) is 9.15. The van der Waals surface area contributed by atoms with Crippen molar-refractivity contribution in [2.75, 3.05) is 24.2 Å². The second kappa shape index (κ2) is 6.70. The molecule has 1 aliphatic heterocycles. The fourth-order valence-electron chi connectivity index (χ4n) is 2.62. The van der Waals surface area contributed by atoms with Crippen LogP contribution in [0, 0.1) is 5.92 Å². The van der Waals surface area contributed by atoms with Crippen molar-refractivity contribution in [3.63, 3.8) is 0 Å². The lowest BCUT2D eigenvalue weighted by Crippen LogP contribution is -2.39. The number of anilines is 1. The number of hydrogen-bond donors (Lipinski definition) is 0. The second-order valence-electron chi connectivity index (χ2n) is 5.57. The fraction of sp³-hybridized carbons (Fsp3) is 0.714. The molecule has 2 heterocycles. The summed E-state index contributed by atoms with van der Waals surface area (Å²) >= 11 is 0. The maximum atomic E-state index is 11.2. The normalized spacial score (nSPS) is 18.7. The third kappa shape index (κ3) is 4.64. The number of aryl methyl sites for hydroxylation is 1. The van der Waals surface area contributed by atoms with Crippen LogP contribution in [0.1, 0.15) is 32.3 Å². The Kier molecular flexibility index (Phi) is 5.16. The van der Waals surface area contributed by atoms with Gasteiger partial charge in [0.15, 0.2) is 0 Å². The molecule has 2 rings (SSSR count). The van der Waals surface area contributed by atoms with E-state index >= 15 is 0 Å². The molecule has 1 unspecified atom stereocenters. The van der Waals surface area contributed by atoms with Gasteiger partial charge in [-0.05, 0) is 37.7 Å². The van der Waals surface area contributed by atoms with Gasteiger partial charge in [0.05, 0.1) is 12.4 Å². The lowest BCUT2D eigenvalue weighted by atomic mass is 9.92. The van der Waals surface area contributed by atoms with Crippen LogP contribution in [0.15, 0.2) is 12.4 Å². The molecule has 1 aliphatic rings. The van der Waals surface area contributed by atoms with Crippen LogP contribution in [0.4, 0.5) is 5.95 Å². The Hall–Kier alpha value is -1.21. The summed E-state index contributed by atoms with van der Waals surface area (Å²) in [5.41, 5.74) is 1.13. The highest BCUT2D eigenvalue weighted by molar-refractivity contribution is 7.86. The molecule has 118 valence electrons. The van der Waals surface area contributed by atoms with Crippen LogP contribution in [-0.4, -0.2) is 43.8 Å². The topological polar surface area (TPSA) is 72.4 Å². The first kappa shape index (κ1) is 16.2. The van der Waals surface area contributed by atoms with Crippen molar-refractivity contribution in [2.24, 2.45) is 5.92 Å². The van der Waals surface area contributed by atoms with Crippen LogP contribution < -0.4 is 4.90 Å². The summed E-state index contributed by atoms with van der Waals surface area (Å²) in [6.45, 7) is 5.56. The summed E-state index contributed by atoms with van der Waals surface area (Å²) in [7, 11) is -3.38. The molecular weight excluding hydrogens is 290 g/mol. The fourth-order valence-corrected chi connectivity index (χ4v) is 3.33. The molecule has 7 heteroatoms. The van der Waals surface area contributed by atoms with E-state index in [1.165, 1.54) is 0 Å². The standard InChI is InChI=1S/C14H23N3O3S/c1-4-12-9-15-14(16-10-12)17-7-5-13(6-8-17)11(2)20-21(3,18)19/h9-11,13H,4-8H2,1-3H3. The molecule has 0 aliphatic carbocycles. The minimum Gasteiger partial charge on any atom is -0.341 e. The van der Waals surface area contributed by atoms with E-state index in [9.17, 15) is 8.42 Å². The second-order valence-corrected chi connectivity index (χ2v) is 7.18. The van der Waals surface area contributed by atoms with Crippen LogP contribution in [0.25, 0.3) is 0 Å². The van der Waals surface area contributed by atoms with Gasteiger partial charge >= 0.3 is 0 Å². The van der Waals surface area contributed by atoms with E-state index in [2.05, 4.69) is 21.8 Å². The average molecular weight is 313 g/mol. The lowest BCUT2D eigenvalue weighted by Gasteiger charge is -2.34. The monoisotopic (exact) mass is 313 g/mol. The third-order valence-electron chi connectivity index (χ3n) is 3.91. The van der Waals surface area contributed by atoms with Crippen LogP contribution >= 0.6 is 0 Å². The van der Waals surface area contributed by atoms with Crippen LogP contribution in [0.2, 0.25) is 0 Å². The van der Waals surface area contributed by atoms with E-state index in [-0.39, 0.29) is 12.0 Å². The van der Waals surface area contributed by atoms with E-state index in [1.807, 2.05) is 19.3 Å². The molecule has 1 aromatic heterocycles. The molecule has 0 aromatic carbocycles. The van der Waals surface area contributed by atoms with E-state index in [0.29, 0.717) is 0 Å². The zero-order chi connectivity index (χ0) is 15.5. The molecule has 6 nitrogen and oxygen atoms in total. The Labute approximate surface area is 126 Å². The molecule has 1 aromatic rings. The summed E-state index contributed by atoms with van der Waals surface area (Å²) in [4.78, 5) is 10.9. The molecule has 1 saturated heterocycles. The summed E-state index contributed by atoms with van der Waals surface area (Å²) in [6, 6.07) is 0. The van der Waals surface area contributed by atoms with Crippen molar-refractivity contribution in [3.05, 3.63) is 18.0 Å². The Morgan fingerprint density at radius 1 is 1.33 bits per heavy atom. The van der Waals surface area contributed by atoms with Gasteiger partial charge in [-0.2, -0.15) is 8.42 Å². The highest BCUT2D eigenvalue weighted by Gasteiger charge is 2.27. The minimum atomic E-state index is -3.38. The number of rotatable bonds is 5. The van der Waals surface area contributed by atoms with Gasteiger partial charge in [-0.1, -0.05) is 6.92 Å². The summed E-state index contributed by atoms with van der Waals surface area (Å²) < 4.78 is 27.4. The summed E-state index contributed by atoms with van der Waals surface area (Å²) in [6.07, 6.45) is 7.26. The maximum absolute atomic E-state index is 11.2. The van der Waals surface area contributed by atoms with Gasteiger partial charge in [-0.3, -0.25) is 4.18 Å². The van der Waals surface area contributed by atoms with Crippen molar-refractivity contribution < 1.29 is 12.6 Å². The van der Waals surface area contributed by atoms with Gasteiger partial charge in [-0.25, -0.2) is 9.97 Å². The van der Waals surface area contributed by atoms with Crippen LogP contribution in [0.5, 0.6) is 0 Å². The predicted octanol–water partition coefficient (Wildman–Crippen LogP) is 1.62. The van der Waals surface area contributed by atoms with Gasteiger partial charge < -0.3 is 4.90 Å². The Bertz CT molecular complexity index is 551. The van der Waals surface area contributed by atoms with E-state index in [0.717, 1.165) is 50.1 Å². The number of piperidine rings is 1. The molecule has 21 heavy (non-hydrogen) atoms. The highest BCUT2D eigenvalue weighted by Crippen LogP contribution is 2.25. The Balaban J connectivity index is 1.90. The van der Waals surface area contributed by atoms with Crippen LogP contribution in [-0.2, 0) is 20.7 Å². The van der Waals surface area contributed by atoms with E-state index in [4.69, 9.17) is 4.18 Å². The highest BCUT2D eigenvalue weighted by atomic mass is 32.2. The van der Waals surface area contributed by atoms with Gasteiger partial charge in [0.1, 0.15) is 0 Å². The van der Waals surface area contributed by atoms with Gasteiger partial charge in [-0.15, -0.1) is 0 Å². The molecular formula is C14H23N3O3S. The number of aromatic nitrogens is 2. The van der Waals surface area contributed by atoms with Crippen molar-refractivity contribution in [1.29, 1.82) is 0 Å². The molecule has 1 atom stereocenters. The molecule has 0 N–H and O–H groups in total. The number of hydrogen-bond acceptors (Lipinski definition) is 6. The molecule has 1 fully saturated rings. The van der Waals surface area contributed by atoms with E-state index in [1.54, 1.807) is 0 Å². The van der Waals surface area contributed by atoms with Crippen molar-refractivity contribution in [1.82, 2.24) is 9.97 Å². The van der Waals surface area contributed by atoms with Crippen molar-refractivity contribution in [2.45, 2.75) is 39.2 Å². The summed E-state index contributed by atoms with van der Waals surface area (Å²) in [5.74, 6) is 1.01. The Morgan fingerprint density at radius 3 is 2.38 bits per heavy atom. The molecule has 0 spiro atoms. The molecule has 0 bridgehead atoms. The minimum absolute atomic E-state index is 0.255. The average Bonchev–Trinajstić information content (AvgIpc) is 2.46. The largest absolute Gasteiger partial charge is 0.341 e. The third-order valence-corrected chi connectivity index (χ3v) is 4.57. The van der Waals surface area contributed by atoms with Crippen LogP contribution in [0.3, 0.4) is 0 Å². The maximum Gasteiger partial charge on any atom is 0.264 e. The molecule has 0 saturated carbocycles. The predicted molar refractivity (Wildman–Crippen MR) is 81.7 cm³/mol.